The zero-order chi connectivity index (χ0) is 28.1. The molecule has 0 aromatic heterocycles. The minimum atomic E-state index is -0.982. The molecule has 1 aromatic rings. The highest BCUT2D eigenvalue weighted by atomic mass is 16.4. The Bertz CT molecular complexity index is 641. The highest BCUT2D eigenvalue weighted by Gasteiger charge is 2.19. The van der Waals surface area contributed by atoms with Crippen molar-refractivity contribution in [2.75, 3.05) is 6.54 Å². The zero-order valence-corrected chi connectivity index (χ0v) is 24.9. The summed E-state index contributed by atoms with van der Waals surface area (Å²) in [6, 6.07) is 8.54. The van der Waals surface area contributed by atoms with Crippen molar-refractivity contribution in [2.45, 2.75) is 155 Å². The number of nitrogens with two attached hydrogens (primary N) is 1. The van der Waals surface area contributed by atoms with Crippen LogP contribution in [0.5, 0.6) is 0 Å². The first kappa shape index (κ1) is 36.1. The molecule has 1 amide bonds. The van der Waals surface area contributed by atoms with Crippen LogP contribution in [0.25, 0.3) is 0 Å². The van der Waals surface area contributed by atoms with Crippen molar-refractivity contribution in [2.24, 2.45) is 5.73 Å². The molecule has 0 radical (unpaired) electrons. The fourth-order valence-electron chi connectivity index (χ4n) is 4.54. The molecule has 5 nitrogen and oxygen atoms in total. The average molecular weight is 533 g/mol. The van der Waals surface area contributed by atoms with Crippen LogP contribution in [0.15, 0.2) is 30.3 Å². The summed E-state index contributed by atoms with van der Waals surface area (Å²) in [4.78, 5) is 23.3. The third-order valence-corrected chi connectivity index (χ3v) is 6.98. The van der Waals surface area contributed by atoms with E-state index in [9.17, 15) is 14.7 Å². The van der Waals surface area contributed by atoms with Crippen molar-refractivity contribution in [1.82, 2.24) is 5.32 Å². The number of carboxylic acids is 1. The monoisotopic (exact) mass is 532 g/mol. The summed E-state index contributed by atoms with van der Waals surface area (Å²) in [6.45, 7) is 5.36. The Morgan fingerprint density at radius 3 is 1.53 bits per heavy atom. The van der Waals surface area contributed by atoms with Crippen molar-refractivity contribution in [3.05, 3.63) is 35.9 Å². The molecule has 0 aliphatic heterocycles. The third kappa shape index (κ3) is 24.5. The summed E-state index contributed by atoms with van der Waals surface area (Å²) in [6.07, 6.45) is 25.5. The molecule has 5 heteroatoms. The standard InChI is InChI=1S/C21H33NO3.C12H27N/c1-2-3-4-5-6-7-8-9-13-16-20(23)22-19(21(24)25)17-18-14-11-10-12-15-18;1-2-3-4-5-6-7-8-9-10-11-12-13/h10-12,14-15,19H,2-9,13,16-17H2,1H3,(H,22,23)(H,24,25);2-13H2,1H3/t19-;/m0./s1. The molecule has 0 heterocycles. The lowest BCUT2D eigenvalue weighted by molar-refractivity contribution is -0.141. The molecular formula is C33H60N2O3. The zero-order valence-electron chi connectivity index (χ0n) is 24.9. The van der Waals surface area contributed by atoms with E-state index in [2.05, 4.69) is 19.2 Å². The molecular weight excluding hydrogens is 472 g/mol. The molecule has 38 heavy (non-hydrogen) atoms. The predicted molar refractivity (Wildman–Crippen MR) is 162 cm³/mol. The number of hydrogen-bond acceptors (Lipinski definition) is 3. The lowest BCUT2D eigenvalue weighted by Gasteiger charge is -2.14. The minimum absolute atomic E-state index is 0.161. The molecule has 1 aromatic carbocycles. The van der Waals surface area contributed by atoms with Crippen molar-refractivity contribution in [3.63, 3.8) is 0 Å². The summed E-state index contributed by atoms with van der Waals surface area (Å²) in [7, 11) is 0. The molecule has 0 aliphatic carbocycles. The van der Waals surface area contributed by atoms with Gasteiger partial charge in [-0.3, -0.25) is 4.79 Å². The predicted octanol–water partition coefficient (Wildman–Crippen LogP) is 8.59. The van der Waals surface area contributed by atoms with Crippen molar-refractivity contribution >= 4 is 11.9 Å². The first-order valence-corrected chi connectivity index (χ1v) is 15.8. The first-order valence-electron chi connectivity index (χ1n) is 15.8. The number of carbonyl (C=O) groups excluding carboxylic acids is 1. The van der Waals surface area contributed by atoms with E-state index in [1.165, 1.54) is 103 Å². The Labute approximate surface area is 234 Å². The molecule has 1 atom stereocenters. The van der Waals surface area contributed by atoms with Gasteiger partial charge in [-0.1, -0.05) is 153 Å². The van der Waals surface area contributed by atoms with E-state index in [-0.39, 0.29) is 5.91 Å². The summed E-state index contributed by atoms with van der Waals surface area (Å²) in [5, 5.41) is 12.0. The first-order chi connectivity index (χ1) is 18.5. The maximum atomic E-state index is 12.0. The summed E-state index contributed by atoms with van der Waals surface area (Å²) in [5.74, 6) is -1.14. The quantitative estimate of drug-likeness (QED) is 0.116. The van der Waals surface area contributed by atoms with E-state index in [4.69, 9.17) is 5.73 Å². The Morgan fingerprint density at radius 2 is 1.11 bits per heavy atom. The third-order valence-electron chi connectivity index (χ3n) is 6.98. The van der Waals surface area contributed by atoms with Gasteiger partial charge in [0.25, 0.3) is 0 Å². The van der Waals surface area contributed by atoms with Crippen LogP contribution < -0.4 is 11.1 Å². The lowest BCUT2D eigenvalue weighted by Crippen LogP contribution is -2.42. The number of rotatable bonds is 24. The van der Waals surface area contributed by atoms with Crippen LogP contribution in [0.4, 0.5) is 0 Å². The Morgan fingerprint density at radius 1 is 0.684 bits per heavy atom. The van der Waals surface area contributed by atoms with Crippen LogP contribution in [-0.4, -0.2) is 29.6 Å². The summed E-state index contributed by atoms with van der Waals surface area (Å²) in [5.41, 5.74) is 6.34. The number of amides is 1. The van der Waals surface area contributed by atoms with Gasteiger partial charge in [0.15, 0.2) is 0 Å². The Kier molecular flexibility index (Phi) is 26.7. The highest BCUT2D eigenvalue weighted by molar-refractivity contribution is 5.83. The van der Waals surface area contributed by atoms with E-state index in [1.54, 1.807) is 0 Å². The maximum absolute atomic E-state index is 12.0. The van der Waals surface area contributed by atoms with Crippen LogP contribution >= 0.6 is 0 Å². The highest BCUT2D eigenvalue weighted by Crippen LogP contribution is 2.11. The molecule has 4 N–H and O–H groups in total. The fourth-order valence-corrected chi connectivity index (χ4v) is 4.54. The van der Waals surface area contributed by atoms with Crippen molar-refractivity contribution in [3.8, 4) is 0 Å². The van der Waals surface area contributed by atoms with Crippen molar-refractivity contribution < 1.29 is 14.7 Å². The fraction of sp³-hybridized carbons (Fsp3) is 0.758. The summed E-state index contributed by atoms with van der Waals surface area (Å²) >= 11 is 0. The Balaban J connectivity index is 0.000000889. The number of carbonyl (C=O) groups is 2. The van der Waals surface area contributed by atoms with Gasteiger partial charge in [0.05, 0.1) is 0 Å². The number of hydrogen-bond donors (Lipinski definition) is 3. The van der Waals surface area contributed by atoms with E-state index in [1.807, 2.05) is 30.3 Å². The molecule has 0 aliphatic rings. The second-order valence-electron chi connectivity index (χ2n) is 10.7. The van der Waals surface area contributed by atoms with E-state index in [0.717, 1.165) is 31.4 Å². The topological polar surface area (TPSA) is 92.4 Å². The van der Waals surface area contributed by atoms with Gasteiger partial charge in [-0.05, 0) is 24.9 Å². The number of unbranched alkanes of at least 4 members (excludes halogenated alkanes) is 17. The van der Waals surface area contributed by atoms with Gasteiger partial charge in [-0.25, -0.2) is 4.79 Å². The molecule has 0 unspecified atom stereocenters. The van der Waals surface area contributed by atoms with E-state index >= 15 is 0 Å². The minimum Gasteiger partial charge on any atom is -0.480 e. The molecule has 0 saturated carbocycles. The normalized spacial score (nSPS) is 11.4. The smallest absolute Gasteiger partial charge is 0.326 e. The average Bonchev–Trinajstić information content (AvgIpc) is 2.92. The SMILES string of the molecule is CCCCCCCCCCCC(=O)N[C@@H](Cc1ccccc1)C(=O)O.CCCCCCCCCCCCN. The van der Waals surface area contributed by atoms with Crippen LogP contribution in [0, 0.1) is 0 Å². The molecule has 0 bridgehead atoms. The van der Waals surface area contributed by atoms with Gasteiger partial charge in [0, 0.05) is 12.8 Å². The number of benzene rings is 1. The molecule has 0 saturated heterocycles. The molecule has 0 spiro atoms. The van der Waals surface area contributed by atoms with E-state index in [0.29, 0.717) is 12.8 Å². The van der Waals surface area contributed by atoms with E-state index < -0.39 is 12.0 Å². The van der Waals surface area contributed by atoms with Crippen LogP contribution in [0.1, 0.15) is 148 Å². The largest absolute Gasteiger partial charge is 0.480 e. The molecule has 220 valence electrons. The maximum Gasteiger partial charge on any atom is 0.326 e. The van der Waals surface area contributed by atoms with Crippen LogP contribution in [-0.2, 0) is 16.0 Å². The number of nitrogens with one attached hydrogen (secondary N) is 1. The number of aliphatic carboxylic acids is 1. The van der Waals surface area contributed by atoms with Gasteiger partial charge in [0.1, 0.15) is 6.04 Å². The second kappa shape index (κ2) is 28.1. The molecule has 1 rings (SSSR count). The van der Waals surface area contributed by atoms with Gasteiger partial charge >= 0.3 is 5.97 Å². The Hall–Kier alpha value is -1.88. The van der Waals surface area contributed by atoms with Gasteiger partial charge in [-0.15, -0.1) is 0 Å². The van der Waals surface area contributed by atoms with Gasteiger partial charge in [-0.2, -0.15) is 0 Å². The number of carboxylic acid groups (broad SMARTS) is 1. The van der Waals surface area contributed by atoms with Crippen molar-refractivity contribution in [1.29, 1.82) is 0 Å². The van der Waals surface area contributed by atoms with Gasteiger partial charge in [0.2, 0.25) is 5.91 Å². The van der Waals surface area contributed by atoms with Crippen LogP contribution in [0.2, 0.25) is 0 Å². The summed E-state index contributed by atoms with van der Waals surface area (Å²) < 4.78 is 0. The molecule has 0 fully saturated rings. The van der Waals surface area contributed by atoms with Crippen LogP contribution in [0.3, 0.4) is 0 Å². The second-order valence-corrected chi connectivity index (χ2v) is 10.7. The lowest BCUT2D eigenvalue weighted by atomic mass is 10.0. The van der Waals surface area contributed by atoms with Gasteiger partial charge < -0.3 is 16.2 Å².